The van der Waals surface area contributed by atoms with E-state index in [0.29, 0.717) is 17.1 Å². The second kappa shape index (κ2) is 7.76. The topological polar surface area (TPSA) is 116 Å². The van der Waals surface area contributed by atoms with Gasteiger partial charge in [0.15, 0.2) is 6.04 Å². The van der Waals surface area contributed by atoms with E-state index in [1.54, 1.807) is 30.0 Å². The summed E-state index contributed by atoms with van der Waals surface area (Å²) < 4.78 is 5.86. The molecule has 2 aliphatic heterocycles. The molecule has 3 N–H and O–H groups in total. The van der Waals surface area contributed by atoms with Gasteiger partial charge in [-0.3, -0.25) is 9.59 Å². The number of nitrogens with one attached hydrogen (secondary N) is 1. The number of fused-ring (bicyclic) bond motifs is 2. The van der Waals surface area contributed by atoms with E-state index in [0.717, 1.165) is 14.7 Å². The summed E-state index contributed by atoms with van der Waals surface area (Å²) in [5, 5.41) is 21.4. The first-order valence-corrected chi connectivity index (χ1v) is 9.83. The summed E-state index contributed by atoms with van der Waals surface area (Å²) in [6, 6.07) is 11.3. The molecule has 2 aromatic rings. The number of nitrogens with zero attached hydrogens (tertiary/aromatic N) is 1. The maximum absolute atomic E-state index is 12.5. The molecule has 8 nitrogen and oxygen atoms in total. The molecule has 0 unspecified atom stereocenters. The van der Waals surface area contributed by atoms with Crippen molar-refractivity contribution in [2.45, 2.75) is 28.4 Å². The highest BCUT2D eigenvalue weighted by molar-refractivity contribution is 7.99. The number of hydrogen-bond donors (Lipinski definition) is 3. The van der Waals surface area contributed by atoms with Crippen LogP contribution in [0.3, 0.4) is 0 Å². The van der Waals surface area contributed by atoms with Gasteiger partial charge in [-0.15, -0.1) is 0 Å². The molecule has 0 bridgehead atoms. The molecule has 0 aliphatic carbocycles. The number of carbonyl (C=O) groups is 3. The number of aliphatic hydroxyl groups excluding tert-OH is 1. The maximum atomic E-state index is 12.5. The number of benzene rings is 2. The first kappa shape index (κ1) is 19.3. The van der Waals surface area contributed by atoms with Crippen LogP contribution in [0.25, 0.3) is 0 Å². The Hall–Kier alpha value is -3.04. The van der Waals surface area contributed by atoms with Crippen molar-refractivity contribution in [1.82, 2.24) is 10.2 Å². The lowest BCUT2D eigenvalue weighted by molar-refractivity contribution is -0.150. The van der Waals surface area contributed by atoms with Crippen LogP contribution in [-0.2, 0) is 9.59 Å². The smallest absolute Gasteiger partial charge is 0.329 e. The minimum absolute atomic E-state index is 0.135. The largest absolute Gasteiger partial charge is 0.480 e. The summed E-state index contributed by atoms with van der Waals surface area (Å²) in [6.07, 6.45) is -0.914. The minimum atomic E-state index is -1.28. The Kier molecular flexibility index (Phi) is 5.16. The molecule has 150 valence electrons. The maximum Gasteiger partial charge on any atom is 0.329 e. The highest BCUT2D eigenvalue weighted by Gasteiger charge is 2.40. The third kappa shape index (κ3) is 3.79. The van der Waals surface area contributed by atoms with Crippen molar-refractivity contribution in [3.05, 3.63) is 48.0 Å². The van der Waals surface area contributed by atoms with Crippen LogP contribution >= 0.6 is 11.8 Å². The fraction of sp³-hybridized carbons (Fsp3) is 0.250. The summed E-state index contributed by atoms with van der Waals surface area (Å²) in [4.78, 5) is 39.0. The normalized spacial score (nSPS) is 19.7. The number of carboxylic acid groups (broad SMARTS) is 1. The lowest BCUT2D eigenvalue weighted by Crippen LogP contribution is -2.48. The Morgan fingerprint density at radius 3 is 2.69 bits per heavy atom. The number of hydrogen-bond acceptors (Lipinski definition) is 6. The lowest BCUT2D eigenvalue weighted by atomic mass is 10.2. The van der Waals surface area contributed by atoms with Crippen molar-refractivity contribution in [3.63, 3.8) is 0 Å². The molecule has 0 aromatic heterocycles. The van der Waals surface area contributed by atoms with Crippen molar-refractivity contribution in [2.24, 2.45) is 0 Å². The van der Waals surface area contributed by atoms with E-state index in [1.807, 2.05) is 24.3 Å². The Bertz CT molecular complexity index is 995. The fourth-order valence-electron chi connectivity index (χ4n) is 3.38. The van der Waals surface area contributed by atoms with E-state index in [4.69, 9.17) is 4.74 Å². The van der Waals surface area contributed by atoms with E-state index >= 15 is 0 Å². The van der Waals surface area contributed by atoms with Gasteiger partial charge in [-0.2, -0.15) is 0 Å². The van der Waals surface area contributed by atoms with Gasteiger partial charge in [-0.25, -0.2) is 4.79 Å². The quantitative estimate of drug-likeness (QED) is 0.595. The molecule has 4 rings (SSSR count). The zero-order valence-corrected chi connectivity index (χ0v) is 16.0. The summed E-state index contributed by atoms with van der Waals surface area (Å²) >= 11 is 1.54. The van der Waals surface area contributed by atoms with Crippen LogP contribution in [0, 0.1) is 0 Å². The Morgan fingerprint density at radius 2 is 1.90 bits per heavy atom. The third-order valence-electron chi connectivity index (χ3n) is 4.83. The predicted molar refractivity (Wildman–Crippen MR) is 103 cm³/mol. The van der Waals surface area contributed by atoms with Gasteiger partial charge in [-0.05, 0) is 36.8 Å². The van der Waals surface area contributed by atoms with Crippen molar-refractivity contribution < 1.29 is 29.3 Å². The molecule has 0 spiro atoms. The lowest BCUT2D eigenvalue weighted by Gasteiger charge is -2.23. The van der Waals surface area contributed by atoms with Crippen molar-refractivity contribution in [1.29, 1.82) is 0 Å². The Morgan fingerprint density at radius 1 is 1.14 bits per heavy atom. The molecule has 0 saturated carbocycles. The third-order valence-corrected chi connectivity index (χ3v) is 5.95. The molecule has 9 heteroatoms. The number of carboxylic acids is 1. The Labute approximate surface area is 170 Å². The van der Waals surface area contributed by atoms with Gasteiger partial charge >= 0.3 is 5.97 Å². The van der Waals surface area contributed by atoms with Crippen molar-refractivity contribution in [3.8, 4) is 11.5 Å². The number of aliphatic carboxylic acids is 1. The van der Waals surface area contributed by atoms with E-state index in [2.05, 4.69) is 5.32 Å². The molecule has 1 saturated heterocycles. The molecular weight excluding hydrogens is 396 g/mol. The number of amides is 2. The highest BCUT2D eigenvalue weighted by Crippen LogP contribution is 2.46. The number of carbonyl (C=O) groups excluding carboxylic acids is 2. The van der Waals surface area contributed by atoms with Crippen LogP contribution in [0.4, 0.5) is 0 Å². The number of rotatable bonds is 4. The zero-order valence-electron chi connectivity index (χ0n) is 15.2. The van der Waals surface area contributed by atoms with Crippen LogP contribution in [0.1, 0.15) is 16.8 Å². The van der Waals surface area contributed by atoms with Crippen LogP contribution in [0.5, 0.6) is 11.5 Å². The molecule has 2 amide bonds. The van der Waals surface area contributed by atoms with Crippen molar-refractivity contribution in [2.75, 3.05) is 13.1 Å². The van der Waals surface area contributed by atoms with E-state index in [1.165, 1.54) is 0 Å². The van der Waals surface area contributed by atoms with E-state index in [-0.39, 0.29) is 19.5 Å². The van der Waals surface area contributed by atoms with Gasteiger partial charge in [0.25, 0.3) is 5.91 Å². The second-order valence-electron chi connectivity index (χ2n) is 6.72. The van der Waals surface area contributed by atoms with Gasteiger partial charge in [0, 0.05) is 12.1 Å². The molecule has 29 heavy (non-hydrogen) atoms. The Balaban J connectivity index is 1.41. The number of aliphatic hydroxyl groups is 1. The first-order valence-electron chi connectivity index (χ1n) is 9.01. The fourth-order valence-corrected chi connectivity index (χ4v) is 4.31. The molecule has 0 radical (unpaired) electrons. The average molecular weight is 414 g/mol. The number of likely N-dealkylation sites (tertiary alicyclic amines) is 1. The van der Waals surface area contributed by atoms with Crippen LogP contribution in [-0.4, -0.2) is 58.1 Å². The number of para-hydroxylation sites is 1. The van der Waals surface area contributed by atoms with Crippen molar-refractivity contribution >= 4 is 29.5 Å². The summed E-state index contributed by atoms with van der Waals surface area (Å²) in [7, 11) is 0. The average Bonchev–Trinajstić information content (AvgIpc) is 3.11. The van der Waals surface area contributed by atoms with Gasteiger partial charge in [0.2, 0.25) is 5.91 Å². The van der Waals surface area contributed by atoms with Crippen LogP contribution < -0.4 is 10.1 Å². The molecule has 2 heterocycles. The van der Waals surface area contributed by atoms with Crippen LogP contribution in [0.2, 0.25) is 0 Å². The molecule has 2 aliphatic rings. The highest BCUT2D eigenvalue weighted by atomic mass is 32.2. The minimum Gasteiger partial charge on any atom is -0.480 e. The SMILES string of the molecule is O=C(NCC(=O)N1CC[C@@H](O)[C@H]1C(=O)O)c1ccc2c(c1)Oc1ccccc1S2. The predicted octanol–water partition coefficient (Wildman–Crippen LogP) is 1.72. The molecule has 2 aromatic carbocycles. The molecular formula is C20H18N2O6S. The van der Waals surface area contributed by atoms with E-state index < -0.39 is 29.9 Å². The standard InChI is InChI=1S/C20H18N2O6S/c23-12-7-8-22(18(12)20(26)27)17(24)10-21-19(25)11-5-6-16-14(9-11)28-13-3-1-2-4-15(13)29-16/h1-6,9,12,18,23H,7-8,10H2,(H,21,25)(H,26,27)/t12-,18+/m1/s1. The van der Waals surface area contributed by atoms with Gasteiger partial charge in [0.05, 0.1) is 22.4 Å². The van der Waals surface area contributed by atoms with Crippen LogP contribution in [0.15, 0.2) is 52.3 Å². The monoisotopic (exact) mass is 414 g/mol. The zero-order chi connectivity index (χ0) is 20.5. The first-order chi connectivity index (χ1) is 13.9. The van der Waals surface area contributed by atoms with Gasteiger partial charge < -0.3 is 25.2 Å². The summed E-state index contributed by atoms with van der Waals surface area (Å²) in [6.45, 7) is -0.221. The molecule has 2 atom stereocenters. The van der Waals surface area contributed by atoms with Gasteiger partial charge in [0.1, 0.15) is 11.5 Å². The van der Waals surface area contributed by atoms with E-state index in [9.17, 15) is 24.6 Å². The summed E-state index contributed by atoms with van der Waals surface area (Å²) in [5.74, 6) is -1.02. The number of ether oxygens (including phenoxy) is 1. The second-order valence-corrected chi connectivity index (χ2v) is 7.81. The summed E-state index contributed by atoms with van der Waals surface area (Å²) in [5.41, 5.74) is 0.327. The van der Waals surface area contributed by atoms with Gasteiger partial charge in [-0.1, -0.05) is 23.9 Å². The molecule has 1 fully saturated rings.